The summed E-state index contributed by atoms with van der Waals surface area (Å²) in [5.74, 6) is 0. The zero-order valence-corrected chi connectivity index (χ0v) is 4.86. The molecule has 0 aliphatic heterocycles. The molecule has 0 aromatic heterocycles. The highest BCUT2D eigenvalue weighted by molar-refractivity contribution is 5.21. The van der Waals surface area contributed by atoms with Crippen LogP contribution in [0.15, 0.2) is 23.9 Å². The van der Waals surface area contributed by atoms with E-state index < -0.39 is 0 Å². The largest absolute Gasteiger partial charge is 0.399 e. The molecule has 0 amide bonds. The predicted octanol–water partition coefficient (Wildman–Crippen LogP) is 1.43. The average Bonchev–Trinajstić information content (AvgIpc) is 1.65. The van der Waals surface area contributed by atoms with E-state index in [0.29, 0.717) is 0 Å². The Hall–Kier alpha value is -0.720. The van der Waals surface area contributed by atoms with Gasteiger partial charge in [0.25, 0.3) is 0 Å². The highest BCUT2D eigenvalue weighted by atomic mass is 14.6. The van der Waals surface area contributed by atoms with Gasteiger partial charge in [-0.05, 0) is 19.4 Å². The van der Waals surface area contributed by atoms with Crippen LogP contribution in [-0.4, -0.2) is 0 Å². The zero-order valence-electron chi connectivity index (χ0n) is 4.86. The Morgan fingerprint density at radius 3 is 2.14 bits per heavy atom. The molecule has 0 spiro atoms. The molecule has 0 heterocycles. The van der Waals surface area contributed by atoms with E-state index in [2.05, 4.69) is 6.58 Å². The highest BCUT2D eigenvalue weighted by Gasteiger charge is 1.81. The third kappa shape index (κ3) is 2.04. The van der Waals surface area contributed by atoms with Gasteiger partial charge in [-0.15, -0.1) is 0 Å². The number of hydrogen-bond acceptors (Lipinski definition) is 1. The number of rotatable bonds is 1. The van der Waals surface area contributed by atoms with Crippen molar-refractivity contribution < 1.29 is 0 Å². The molecule has 0 aromatic rings. The Kier molecular flexibility index (Phi) is 2.20. The molecule has 0 rings (SSSR count). The molecule has 1 nitrogen and oxygen atoms in total. The van der Waals surface area contributed by atoms with E-state index in [1.807, 2.05) is 19.9 Å². The number of nitrogens with two attached hydrogens (primary N) is 1. The summed E-state index contributed by atoms with van der Waals surface area (Å²) >= 11 is 0. The van der Waals surface area contributed by atoms with Gasteiger partial charge in [-0.3, -0.25) is 0 Å². The molecule has 7 heavy (non-hydrogen) atoms. The lowest BCUT2D eigenvalue weighted by Crippen LogP contribution is -1.95. The van der Waals surface area contributed by atoms with Crippen LogP contribution in [0.5, 0.6) is 0 Å². The summed E-state index contributed by atoms with van der Waals surface area (Å²) in [6.07, 6.45) is 1.84. The van der Waals surface area contributed by atoms with Crippen LogP contribution in [0.3, 0.4) is 0 Å². The van der Waals surface area contributed by atoms with Gasteiger partial charge in [0.15, 0.2) is 0 Å². The second-order valence-corrected chi connectivity index (χ2v) is 1.52. The Bertz CT molecular complexity index is 101. The standard InChI is InChI=1S/C6H11N/c1-4-6(7)5(2)3/h4H,2,7H2,1,3H3/b6-4-. The lowest BCUT2D eigenvalue weighted by Gasteiger charge is -1.92. The molecule has 0 aromatic carbocycles. The van der Waals surface area contributed by atoms with Gasteiger partial charge in [0.05, 0.1) is 0 Å². The Labute approximate surface area is 44.5 Å². The van der Waals surface area contributed by atoms with Gasteiger partial charge in [0.1, 0.15) is 0 Å². The summed E-state index contributed by atoms with van der Waals surface area (Å²) in [5, 5.41) is 0. The van der Waals surface area contributed by atoms with Crippen LogP contribution in [0.4, 0.5) is 0 Å². The van der Waals surface area contributed by atoms with Crippen molar-refractivity contribution in [2.24, 2.45) is 5.73 Å². The van der Waals surface area contributed by atoms with Crippen LogP contribution in [0.25, 0.3) is 0 Å². The fraction of sp³-hybridized carbons (Fsp3) is 0.333. The van der Waals surface area contributed by atoms with Crippen molar-refractivity contribution in [2.45, 2.75) is 13.8 Å². The molecular weight excluding hydrogens is 86.1 g/mol. The highest BCUT2D eigenvalue weighted by Crippen LogP contribution is 1.95. The Morgan fingerprint density at radius 1 is 1.71 bits per heavy atom. The second kappa shape index (κ2) is 2.45. The van der Waals surface area contributed by atoms with Crippen LogP contribution in [0, 0.1) is 0 Å². The van der Waals surface area contributed by atoms with Crippen molar-refractivity contribution in [3.63, 3.8) is 0 Å². The molecule has 0 saturated carbocycles. The molecule has 2 N–H and O–H groups in total. The summed E-state index contributed by atoms with van der Waals surface area (Å²) in [6, 6.07) is 0. The van der Waals surface area contributed by atoms with Gasteiger partial charge in [0.2, 0.25) is 0 Å². The molecule has 0 unspecified atom stereocenters. The molecular formula is C6H11N. The van der Waals surface area contributed by atoms with Crippen molar-refractivity contribution >= 4 is 0 Å². The van der Waals surface area contributed by atoms with Crippen molar-refractivity contribution in [1.29, 1.82) is 0 Å². The van der Waals surface area contributed by atoms with E-state index in [-0.39, 0.29) is 0 Å². The molecule has 0 aliphatic carbocycles. The molecule has 1 heteroatoms. The van der Waals surface area contributed by atoms with Crippen molar-refractivity contribution in [3.05, 3.63) is 23.9 Å². The van der Waals surface area contributed by atoms with Crippen molar-refractivity contribution in [3.8, 4) is 0 Å². The summed E-state index contributed by atoms with van der Waals surface area (Å²) in [5.41, 5.74) is 7.09. The van der Waals surface area contributed by atoms with Gasteiger partial charge in [0, 0.05) is 5.70 Å². The van der Waals surface area contributed by atoms with Gasteiger partial charge in [-0.1, -0.05) is 12.7 Å². The molecule has 0 bridgehead atoms. The van der Waals surface area contributed by atoms with Gasteiger partial charge < -0.3 is 5.73 Å². The van der Waals surface area contributed by atoms with Crippen LogP contribution in [0.1, 0.15) is 13.8 Å². The Balaban J connectivity index is 3.82. The normalized spacial score (nSPS) is 11.4. The molecule has 0 saturated heterocycles. The third-order valence-electron chi connectivity index (χ3n) is 0.804. The van der Waals surface area contributed by atoms with E-state index in [9.17, 15) is 0 Å². The first-order chi connectivity index (χ1) is 3.18. The second-order valence-electron chi connectivity index (χ2n) is 1.52. The molecule has 0 fully saturated rings. The fourth-order valence-electron chi connectivity index (χ4n) is 0.246. The first-order valence-electron chi connectivity index (χ1n) is 2.26. The lowest BCUT2D eigenvalue weighted by molar-refractivity contribution is 1.29. The van der Waals surface area contributed by atoms with Gasteiger partial charge >= 0.3 is 0 Å². The van der Waals surface area contributed by atoms with Crippen LogP contribution >= 0.6 is 0 Å². The Morgan fingerprint density at radius 2 is 2.14 bits per heavy atom. The van der Waals surface area contributed by atoms with Gasteiger partial charge in [-0.25, -0.2) is 0 Å². The number of allylic oxidation sites excluding steroid dienone is 2. The van der Waals surface area contributed by atoms with Gasteiger partial charge in [-0.2, -0.15) is 0 Å². The van der Waals surface area contributed by atoms with E-state index >= 15 is 0 Å². The summed E-state index contributed by atoms with van der Waals surface area (Å²) in [4.78, 5) is 0. The van der Waals surface area contributed by atoms with E-state index in [1.165, 1.54) is 0 Å². The van der Waals surface area contributed by atoms with Crippen LogP contribution in [-0.2, 0) is 0 Å². The minimum Gasteiger partial charge on any atom is -0.399 e. The maximum Gasteiger partial charge on any atom is 0.0294 e. The maximum atomic E-state index is 5.38. The lowest BCUT2D eigenvalue weighted by atomic mass is 10.2. The molecule has 40 valence electrons. The van der Waals surface area contributed by atoms with Crippen molar-refractivity contribution in [2.75, 3.05) is 0 Å². The van der Waals surface area contributed by atoms with E-state index in [1.54, 1.807) is 0 Å². The minimum absolute atomic E-state index is 0.778. The molecule has 0 atom stereocenters. The van der Waals surface area contributed by atoms with E-state index in [4.69, 9.17) is 5.73 Å². The topological polar surface area (TPSA) is 26.0 Å². The summed E-state index contributed by atoms with van der Waals surface area (Å²) in [6.45, 7) is 7.41. The monoisotopic (exact) mass is 97.1 g/mol. The zero-order chi connectivity index (χ0) is 5.86. The minimum atomic E-state index is 0.778. The first-order valence-corrected chi connectivity index (χ1v) is 2.26. The predicted molar refractivity (Wildman–Crippen MR) is 32.8 cm³/mol. The fourth-order valence-corrected chi connectivity index (χ4v) is 0.246. The number of hydrogen-bond donors (Lipinski definition) is 1. The van der Waals surface area contributed by atoms with E-state index in [0.717, 1.165) is 11.3 Å². The molecule has 0 aliphatic rings. The first kappa shape index (κ1) is 6.28. The smallest absolute Gasteiger partial charge is 0.0294 e. The summed E-state index contributed by atoms with van der Waals surface area (Å²) in [7, 11) is 0. The quantitative estimate of drug-likeness (QED) is 0.492. The average molecular weight is 97.2 g/mol. The molecule has 0 radical (unpaired) electrons. The van der Waals surface area contributed by atoms with Crippen LogP contribution < -0.4 is 5.73 Å². The SMILES string of the molecule is C=C(C)/C(N)=C/C. The maximum absolute atomic E-state index is 5.38. The van der Waals surface area contributed by atoms with Crippen molar-refractivity contribution in [1.82, 2.24) is 0 Å². The summed E-state index contributed by atoms with van der Waals surface area (Å²) < 4.78 is 0. The van der Waals surface area contributed by atoms with Crippen LogP contribution in [0.2, 0.25) is 0 Å². The third-order valence-corrected chi connectivity index (χ3v) is 0.804.